The zero-order valence-corrected chi connectivity index (χ0v) is 12.7. The van der Waals surface area contributed by atoms with Crippen molar-refractivity contribution in [2.45, 2.75) is 0 Å². The molecule has 0 bridgehead atoms. The Morgan fingerprint density at radius 3 is 2.59 bits per heavy atom. The SMILES string of the molecule is O=C(O)c1ccc(N2C(=O)/C(=C\c3ccco3)SC2=S)cc1. The Hall–Kier alpha value is -2.38. The number of furan rings is 1. The molecule has 0 spiro atoms. The summed E-state index contributed by atoms with van der Waals surface area (Å²) in [5.41, 5.74) is 0.690. The lowest BCUT2D eigenvalue weighted by atomic mass is 10.2. The summed E-state index contributed by atoms with van der Waals surface area (Å²) in [6.07, 6.45) is 3.15. The summed E-state index contributed by atoms with van der Waals surface area (Å²) in [4.78, 5) is 25.2. The van der Waals surface area contributed by atoms with Gasteiger partial charge in [-0.25, -0.2) is 4.79 Å². The van der Waals surface area contributed by atoms with Gasteiger partial charge in [0.05, 0.1) is 22.4 Å². The van der Waals surface area contributed by atoms with Gasteiger partial charge in [0.25, 0.3) is 5.91 Å². The first-order valence-electron chi connectivity index (χ1n) is 6.21. The average molecular weight is 331 g/mol. The predicted molar refractivity (Wildman–Crippen MR) is 87.8 cm³/mol. The van der Waals surface area contributed by atoms with Crippen LogP contribution in [-0.2, 0) is 4.79 Å². The Morgan fingerprint density at radius 1 is 1.27 bits per heavy atom. The van der Waals surface area contributed by atoms with E-state index in [1.807, 2.05) is 0 Å². The van der Waals surface area contributed by atoms with E-state index in [9.17, 15) is 9.59 Å². The number of hydrogen-bond acceptors (Lipinski definition) is 5. The van der Waals surface area contributed by atoms with Crippen molar-refractivity contribution >= 4 is 51.9 Å². The average Bonchev–Trinajstić information content (AvgIpc) is 3.09. The zero-order valence-electron chi connectivity index (χ0n) is 11.1. The van der Waals surface area contributed by atoms with Crippen molar-refractivity contribution in [3.05, 3.63) is 58.9 Å². The molecule has 0 saturated carbocycles. The second-order valence-electron chi connectivity index (χ2n) is 4.38. The number of carbonyl (C=O) groups is 2. The Morgan fingerprint density at radius 2 is 2.00 bits per heavy atom. The molecule has 2 aromatic rings. The Bertz CT molecular complexity index is 778. The fraction of sp³-hybridized carbons (Fsp3) is 0. The van der Waals surface area contributed by atoms with Gasteiger partial charge in [-0.05, 0) is 36.4 Å². The highest BCUT2D eigenvalue weighted by Gasteiger charge is 2.33. The molecule has 1 fully saturated rings. The van der Waals surface area contributed by atoms with E-state index >= 15 is 0 Å². The van der Waals surface area contributed by atoms with E-state index in [1.54, 1.807) is 30.3 Å². The van der Waals surface area contributed by atoms with Crippen LogP contribution in [0.3, 0.4) is 0 Å². The molecule has 0 aliphatic carbocycles. The molecular weight excluding hydrogens is 322 g/mol. The summed E-state index contributed by atoms with van der Waals surface area (Å²) in [7, 11) is 0. The van der Waals surface area contributed by atoms with Gasteiger partial charge in [0.15, 0.2) is 4.32 Å². The highest BCUT2D eigenvalue weighted by molar-refractivity contribution is 8.27. The van der Waals surface area contributed by atoms with Gasteiger partial charge in [-0.2, -0.15) is 0 Å². The summed E-state index contributed by atoms with van der Waals surface area (Å²) in [5.74, 6) is -0.703. The molecule has 5 nitrogen and oxygen atoms in total. The van der Waals surface area contributed by atoms with Crippen LogP contribution in [0.4, 0.5) is 5.69 Å². The third-order valence-electron chi connectivity index (χ3n) is 2.98. The molecular formula is C15H9NO4S2. The largest absolute Gasteiger partial charge is 0.478 e. The summed E-state index contributed by atoms with van der Waals surface area (Å²) in [5, 5.41) is 8.90. The number of aromatic carboxylic acids is 1. The van der Waals surface area contributed by atoms with E-state index in [-0.39, 0.29) is 11.5 Å². The topological polar surface area (TPSA) is 70.8 Å². The first-order chi connectivity index (χ1) is 10.6. The van der Waals surface area contributed by atoms with Gasteiger partial charge in [-0.3, -0.25) is 9.69 Å². The fourth-order valence-electron chi connectivity index (χ4n) is 1.95. The molecule has 110 valence electrons. The molecule has 7 heteroatoms. The van der Waals surface area contributed by atoms with Gasteiger partial charge < -0.3 is 9.52 Å². The maximum absolute atomic E-state index is 12.5. The smallest absolute Gasteiger partial charge is 0.335 e. The minimum absolute atomic E-state index is 0.153. The number of thioether (sulfide) groups is 1. The number of hydrogen-bond donors (Lipinski definition) is 1. The molecule has 3 rings (SSSR count). The number of anilines is 1. The molecule has 1 saturated heterocycles. The standard InChI is InChI=1S/C15H9NO4S2/c17-13-12(8-11-2-1-7-20-11)22-15(21)16(13)10-5-3-9(4-6-10)14(18)19/h1-8H,(H,18,19)/b12-8+. The lowest BCUT2D eigenvalue weighted by Gasteiger charge is -2.14. The van der Waals surface area contributed by atoms with Crippen molar-refractivity contribution in [3.8, 4) is 0 Å². The molecule has 0 unspecified atom stereocenters. The van der Waals surface area contributed by atoms with Crippen molar-refractivity contribution in [3.63, 3.8) is 0 Å². The molecule has 1 aliphatic heterocycles. The third-order valence-corrected chi connectivity index (χ3v) is 4.28. The number of benzene rings is 1. The molecule has 0 radical (unpaired) electrons. The molecule has 1 aromatic heterocycles. The van der Waals surface area contributed by atoms with E-state index < -0.39 is 5.97 Å². The second kappa shape index (κ2) is 5.78. The maximum Gasteiger partial charge on any atom is 0.335 e. The molecule has 1 aromatic carbocycles. The van der Waals surface area contributed by atoms with Crippen LogP contribution >= 0.6 is 24.0 Å². The number of carboxylic acids is 1. The van der Waals surface area contributed by atoms with Crippen molar-refractivity contribution in [1.82, 2.24) is 0 Å². The van der Waals surface area contributed by atoms with E-state index in [1.165, 1.54) is 35.1 Å². The minimum Gasteiger partial charge on any atom is -0.478 e. The normalized spacial score (nSPS) is 16.5. The summed E-state index contributed by atoms with van der Waals surface area (Å²) >= 11 is 6.41. The van der Waals surface area contributed by atoms with Gasteiger partial charge in [-0.1, -0.05) is 24.0 Å². The van der Waals surface area contributed by atoms with Crippen molar-refractivity contribution in [2.75, 3.05) is 4.90 Å². The predicted octanol–water partition coefficient (Wildman–Crippen LogP) is 3.38. The number of nitrogens with zero attached hydrogens (tertiary/aromatic N) is 1. The third kappa shape index (κ3) is 2.68. The lowest BCUT2D eigenvalue weighted by molar-refractivity contribution is -0.113. The number of amides is 1. The fourth-order valence-corrected chi connectivity index (χ4v) is 3.23. The molecule has 2 heterocycles. The van der Waals surface area contributed by atoms with E-state index in [2.05, 4.69) is 0 Å². The van der Waals surface area contributed by atoms with Crippen LogP contribution in [0.1, 0.15) is 16.1 Å². The highest BCUT2D eigenvalue weighted by Crippen LogP contribution is 2.36. The number of carboxylic acid groups (broad SMARTS) is 1. The number of thiocarbonyl (C=S) groups is 1. The first kappa shape index (κ1) is 14.6. The molecule has 1 amide bonds. The van der Waals surface area contributed by atoms with Crippen LogP contribution in [0.25, 0.3) is 6.08 Å². The Kier molecular flexibility index (Phi) is 3.82. The van der Waals surface area contributed by atoms with Gasteiger partial charge in [-0.15, -0.1) is 0 Å². The van der Waals surface area contributed by atoms with Crippen LogP contribution in [0.5, 0.6) is 0 Å². The Balaban J connectivity index is 1.90. The van der Waals surface area contributed by atoms with Crippen LogP contribution in [0.15, 0.2) is 52.0 Å². The molecule has 1 N–H and O–H groups in total. The molecule has 1 aliphatic rings. The lowest BCUT2D eigenvalue weighted by Crippen LogP contribution is -2.27. The van der Waals surface area contributed by atoms with Crippen LogP contribution in [-0.4, -0.2) is 21.3 Å². The highest BCUT2D eigenvalue weighted by atomic mass is 32.2. The minimum atomic E-state index is -1.02. The van der Waals surface area contributed by atoms with Gasteiger partial charge >= 0.3 is 5.97 Å². The van der Waals surface area contributed by atoms with Crippen LogP contribution in [0, 0.1) is 0 Å². The number of rotatable bonds is 3. The maximum atomic E-state index is 12.5. The van der Waals surface area contributed by atoms with Crippen molar-refractivity contribution in [1.29, 1.82) is 0 Å². The Labute approximate surface area is 135 Å². The van der Waals surface area contributed by atoms with Crippen molar-refractivity contribution in [2.24, 2.45) is 0 Å². The van der Waals surface area contributed by atoms with E-state index in [0.29, 0.717) is 20.7 Å². The first-order valence-corrected chi connectivity index (χ1v) is 7.43. The molecule has 22 heavy (non-hydrogen) atoms. The number of carbonyl (C=O) groups excluding carboxylic acids is 1. The monoisotopic (exact) mass is 331 g/mol. The van der Waals surface area contributed by atoms with Crippen LogP contribution < -0.4 is 4.90 Å². The summed E-state index contributed by atoms with van der Waals surface area (Å²) in [6, 6.07) is 9.47. The van der Waals surface area contributed by atoms with Gasteiger partial charge in [0.1, 0.15) is 5.76 Å². The molecule has 0 atom stereocenters. The van der Waals surface area contributed by atoms with E-state index in [0.717, 1.165) is 0 Å². The zero-order chi connectivity index (χ0) is 15.7. The summed E-state index contributed by atoms with van der Waals surface area (Å²) < 4.78 is 5.59. The van der Waals surface area contributed by atoms with Gasteiger partial charge in [0.2, 0.25) is 0 Å². The van der Waals surface area contributed by atoms with Crippen LogP contribution in [0.2, 0.25) is 0 Å². The van der Waals surface area contributed by atoms with E-state index in [4.69, 9.17) is 21.7 Å². The quantitative estimate of drug-likeness (QED) is 0.687. The second-order valence-corrected chi connectivity index (χ2v) is 6.06. The van der Waals surface area contributed by atoms with Crippen molar-refractivity contribution < 1.29 is 19.1 Å². The van der Waals surface area contributed by atoms with Gasteiger partial charge in [0, 0.05) is 6.08 Å². The summed E-state index contributed by atoms with van der Waals surface area (Å²) in [6.45, 7) is 0.